The van der Waals surface area contributed by atoms with E-state index in [1.807, 2.05) is 32.9 Å². The third-order valence-electron chi connectivity index (χ3n) is 4.24. The van der Waals surface area contributed by atoms with Crippen LogP contribution in [0, 0.1) is 0 Å². The summed E-state index contributed by atoms with van der Waals surface area (Å²) in [6.45, 7) is 6.16. The monoisotopic (exact) mass is 358 g/mol. The first-order chi connectivity index (χ1) is 10.6. The summed E-state index contributed by atoms with van der Waals surface area (Å²) in [6, 6.07) is 6.83. The van der Waals surface area contributed by atoms with Gasteiger partial charge in [0.05, 0.1) is 17.0 Å². The van der Waals surface area contributed by atoms with Gasteiger partial charge in [-0.05, 0) is 44.9 Å². The predicted molar refractivity (Wildman–Crippen MR) is 92.4 cm³/mol. The van der Waals surface area contributed by atoms with Gasteiger partial charge in [-0.15, -0.1) is 0 Å². The third-order valence-corrected chi connectivity index (χ3v) is 6.24. The second kappa shape index (κ2) is 6.69. The summed E-state index contributed by atoms with van der Waals surface area (Å²) >= 11 is 5.90. The molecule has 7 heteroatoms. The minimum atomic E-state index is -3.02. The zero-order valence-corrected chi connectivity index (χ0v) is 15.2. The van der Waals surface area contributed by atoms with Gasteiger partial charge in [0.1, 0.15) is 0 Å². The lowest BCUT2D eigenvalue weighted by atomic mass is 9.94. The van der Waals surface area contributed by atoms with Crippen LogP contribution in [-0.4, -0.2) is 43.4 Å². The normalized spacial score (nSPS) is 20.3. The van der Waals surface area contributed by atoms with Crippen molar-refractivity contribution in [1.82, 2.24) is 10.2 Å². The Hall–Kier alpha value is -1.27. The zero-order valence-electron chi connectivity index (χ0n) is 13.7. The topological polar surface area (TPSA) is 66.5 Å². The van der Waals surface area contributed by atoms with Crippen LogP contribution in [0.2, 0.25) is 5.02 Å². The summed E-state index contributed by atoms with van der Waals surface area (Å²) in [5.74, 6) is 0.206. The van der Waals surface area contributed by atoms with Crippen molar-refractivity contribution in [2.45, 2.75) is 38.8 Å². The average Bonchev–Trinajstić information content (AvgIpc) is 2.79. The van der Waals surface area contributed by atoms with Gasteiger partial charge in [0.2, 0.25) is 0 Å². The number of carbonyl (C=O) groups excluding carboxylic acids is 1. The molecule has 1 fully saturated rings. The molecule has 128 valence electrons. The molecule has 1 aromatic rings. The van der Waals surface area contributed by atoms with Crippen molar-refractivity contribution in [3.8, 4) is 0 Å². The van der Waals surface area contributed by atoms with E-state index in [9.17, 15) is 13.2 Å². The first-order valence-electron chi connectivity index (χ1n) is 7.70. The Morgan fingerprint density at radius 3 is 2.43 bits per heavy atom. The molecule has 0 radical (unpaired) electrons. The lowest BCUT2D eigenvalue weighted by molar-refractivity contribution is 0.173. The summed E-state index contributed by atoms with van der Waals surface area (Å²) in [6.07, 6.45) is 0.505. The molecule has 0 saturated carbocycles. The smallest absolute Gasteiger partial charge is 0.318 e. The van der Waals surface area contributed by atoms with Gasteiger partial charge in [0.25, 0.3) is 0 Å². The van der Waals surface area contributed by atoms with Crippen LogP contribution in [0.4, 0.5) is 4.79 Å². The van der Waals surface area contributed by atoms with E-state index in [0.29, 0.717) is 18.0 Å². The molecule has 1 aromatic carbocycles. The molecule has 0 spiro atoms. The number of urea groups is 1. The lowest BCUT2D eigenvalue weighted by Crippen LogP contribution is -2.52. The quantitative estimate of drug-likeness (QED) is 0.899. The van der Waals surface area contributed by atoms with E-state index in [1.165, 1.54) is 0 Å². The first-order valence-corrected chi connectivity index (χ1v) is 9.90. The van der Waals surface area contributed by atoms with E-state index in [0.717, 1.165) is 5.56 Å². The molecule has 1 N–H and O–H groups in total. The highest BCUT2D eigenvalue weighted by Crippen LogP contribution is 2.24. The molecule has 1 aliphatic heterocycles. The molecule has 1 unspecified atom stereocenters. The van der Waals surface area contributed by atoms with E-state index in [4.69, 9.17) is 11.6 Å². The van der Waals surface area contributed by atoms with Gasteiger partial charge in [-0.1, -0.05) is 23.7 Å². The molecule has 1 aliphatic rings. The van der Waals surface area contributed by atoms with Crippen LogP contribution in [0.5, 0.6) is 0 Å². The Labute approximate surface area is 142 Å². The van der Waals surface area contributed by atoms with Crippen LogP contribution in [0.3, 0.4) is 0 Å². The van der Waals surface area contributed by atoms with Crippen LogP contribution in [0.25, 0.3) is 0 Å². The summed E-state index contributed by atoms with van der Waals surface area (Å²) in [7, 11) is -3.02. The van der Waals surface area contributed by atoms with Crippen LogP contribution in [-0.2, 0) is 15.4 Å². The summed E-state index contributed by atoms with van der Waals surface area (Å²) in [5.41, 5.74) is 0.359. The minimum absolute atomic E-state index is 0.0512. The number of rotatable bonds is 4. The molecule has 1 saturated heterocycles. The highest BCUT2D eigenvalue weighted by atomic mass is 35.5. The third kappa shape index (κ3) is 4.38. The number of amides is 2. The lowest BCUT2D eigenvalue weighted by Gasteiger charge is -2.33. The number of sulfone groups is 1. The molecule has 2 amide bonds. The van der Waals surface area contributed by atoms with E-state index in [2.05, 4.69) is 5.32 Å². The van der Waals surface area contributed by atoms with E-state index >= 15 is 0 Å². The molecule has 2 rings (SSSR count). The van der Waals surface area contributed by atoms with Gasteiger partial charge in [0, 0.05) is 17.6 Å². The molecule has 0 aromatic heterocycles. The molecule has 23 heavy (non-hydrogen) atoms. The van der Waals surface area contributed by atoms with Gasteiger partial charge in [-0.3, -0.25) is 0 Å². The second-order valence-electron chi connectivity index (χ2n) is 6.40. The molecule has 5 nitrogen and oxygen atoms in total. The maximum Gasteiger partial charge on any atom is 0.318 e. The molecule has 1 atom stereocenters. The van der Waals surface area contributed by atoms with Gasteiger partial charge >= 0.3 is 6.03 Å². The van der Waals surface area contributed by atoms with E-state index in [1.54, 1.807) is 17.0 Å². The van der Waals surface area contributed by atoms with Gasteiger partial charge in [-0.25, -0.2) is 13.2 Å². The Morgan fingerprint density at radius 1 is 1.35 bits per heavy atom. The summed E-state index contributed by atoms with van der Waals surface area (Å²) in [5, 5.41) is 3.64. The van der Waals surface area contributed by atoms with Gasteiger partial charge < -0.3 is 10.2 Å². The maximum atomic E-state index is 12.6. The fourth-order valence-electron chi connectivity index (χ4n) is 2.87. The van der Waals surface area contributed by atoms with Crippen LogP contribution in [0.1, 0.15) is 32.8 Å². The standard InChI is InChI=1S/C16H23ClN2O3S/c1-4-19(14-9-10-23(21,22)11-14)15(20)18-16(2,3)12-5-7-13(17)8-6-12/h5-8,14H,4,9-11H2,1-3H3,(H,18,20). The van der Waals surface area contributed by atoms with Crippen molar-refractivity contribution in [1.29, 1.82) is 0 Å². The fraction of sp³-hybridized carbons (Fsp3) is 0.562. The van der Waals surface area contributed by atoms with Crippen LogP contribution >= 0.6 is 11.6 Å². The fourth-order valence-corrected chi connectivity index (χ4v) is 4.72. The van der Waals surface area contributed by atoms with Crippen molar-refractivity contribution in [3.63, 3.8) is 0 Å². The van der Waals surface area contributed by atoms with Crippen molar-refractivity contribution < 1.29 is 13.2 Å². The second-order valence-corrected chi connectivity index (χ2v) is 9.07. The Bertz CT molecular complexity index is 671. The molecule has 1 heterocycles. The molecule has 0 bridgehead atoms. The summed E-state index contributed by atoms with van der Waals surface area (Å²) in [4.78, 5) is 14.2. The number of nitrogens with one attached hydrogen (secondary N) is 1. The molecule has 0 aliphatic carbocycles. The van der Waals surface area contributed by atoms with Crippen LogP contribution < -0.4 is 5.32 Å². The molecular weight excluding hydrogens is 336 g/mol. The Kier molecular flexibility index (Phi) is 5.26. The number of nitrogens with zero attached hydrogens (tertiary/aromatic N) is 1. The first kappa shape index (κ1) is 18.1. The van der Waals surface area contributed by atoms with Gasteiger partial charge in [0.15, 0.2) is 9.84 Å². The number of hydrogen-bond acceptors (Lipinski definition) is 3. The van der Waals surface area contributed by atoms with Crippen LogP contribution in [0.15, 0.2) is 24.3 Å². The minimum Gasteiger partial charge on any atom is -0.329 e. The SMILES string of the molecule is CCN(C(=O)NC(C)(C)c1ccc(Cl)cc1)C1CCS(=O)(=O)C1. The highest BCUT2D eigenvalue weighted by molar-refractivity contribution is 7.91. The largest absolute Gasteiger partial charge is 0.329 e. The van der Waals surface area contributed by atoms with E-state index in [-0.39, 0.29) is 23.6 Å². The highest BCUT2D eigenvalue weighted by Gasteiger charge is 2.35. The van der Waals surface area contributed by atoms with E-state index < -0.39 is 15.4 Å². The predicted octanol–water partition coefficient (Wildman–Crippen LogP) is 2.79. The Morgan fingerprint density at radius 2 is 1.96 bits per heavy atom. The molecular formula is C16H23ClN2O3S. The van der Waals surface area contributed by atoms with Crippen molar-refractivity contribution in [3.05, 3.63) is 34.9 Å². The van der Waals surface area contributed by atoms with Crippen molar-refractivity contribution >= 4 is 27.5 Å². The number of benzene rings is 1. The number of carbonyl (C=O) groups is 1. The summed E-state index contributed by atoms with van der Waals surface area (Å²) < 4.78 is 23.3. The van der Waals surface area contributed by atoms with Crippen molar-refractivity contribution in [2.24, 2.45) is 0 Å². The number of hydrogen-bond donors (Lipinski definition) is 1. The number of halogens is 1. The van der Waals surface area contributed by atoms with Gasteiger partial charge in [-0.2, -0.15) is 0 Å². The maximum absolute atomic E-state index is 12.6. The Balaban J connectivity index is 2.11. The average molecular weight is 359 g/mol. The zero-order chi connectivity index (χ0) is 17.3. The van der Waals surface area contributed by atoms with Crippen molar-refractivity contribution in [2.75, 3.05) is 18.1 Å².